The summed E-state index contributed by atoms with van der Waals surface area (Å²) in [4.78, 5) is 10.5. The first-order valence-corrected chi connectivity index (χ1v) is 14.3. The summed E-state index contributed by atoms with van der Waals surface area (Å²) in [6.07, 6.45) is 0. The number of non-ortho nitro benzene ring substituents is 1. The molecule has 2 atom stereocenters. The zero-order valence-corrected chi connectivity index (χ0v) is 22.4. The van der Waals surface area contributed by atoms with Crippen molar-refractivity contribution in [3.05, 3.63) is 143 Å². The highest BCUT2D eigenvalue weighted by Crippen LogP contribution is 2.65. The molecule has 1 aliphatic rings. The molecule has 1 aliphatic heterocycles. The van der Waals surface area contributed by atoms with Crippen molar-refractivity contribution in [1.29, 1.82) is 0 Å². The van der Waals surface area contributed by atoms with E-state index in [1.54, 1.807) is 31.4 Å². The molecule has 0 bridgehead atoms. The van der Waals surface area contributed by atoms with Gasteiger partial charge in [-0.25, -0.2) is 0 Å². The summed E-state index contributed by atoms with van der Waals surface area (Å²) in [6, 6.07) is 36.1. The number of fused-ring (bicyclic) bond motifs is 3. The largest absolute Gasteiger partial charge is 0.497 e. The van der Waals surface area contributed by atoms with Gasteiger partial charge in [-0.3, -0.25) is 14.7 Å². The summed E-state index contributed by atoms with van der Waals surface area (Å²) in [6.45, 7) is 0. The Hall–Kier alpha value is -4.87. The SMILES string of the molecule is COc1ccc(C(c2ccc(Oc3ccc([N+](=O)[O-])cc3)cc2)P2(=O)Oc3ccccc3-c3ccccc32)cc1. The maximum Gasteiger partial charge on any atom is 0.289 e. The molecule has 0 N–H and O–H groups in total. The van der Waals surface area contributed by atoms with Crippen LogP contribution >= 0.6 is 7.37 Å². The fraction of sp³-hybridized carbons (Fsp3) is 0.0625. The van der Waals surface area contributed by atoms with Gasteiger partial charge >= 0.3 is 0 Å². The molecule has 5 aromatic rings. The molecule has 0 spiro atoms. The van der Waals surface area contributed by atoms with Gasteiger partial charge in [-0.1, -0.05) is 60.7 Å². The Morgan fingerprint density at radius 3 is 1.82 bits per heavy atom. The fourth-order valence-corrected chi connectivity index (χ4v) is 7.88. The Morgan fingerprint density at radius 1 is 0.700 bits per heavy atom. The van der Waals surface area contributed by atoms with Crippen molar-refractivity contribution in [1.82, 2.24) is 0 Å². The monoisotopic (exact) mass is 549 g/mol. The average Bonchev–Trinajstić information content (AvgIpc) is 2.99. The second-order valence-electron chi connectivity index (χ2n) is 9.30. The van der Waals surface area contributed by atoms with E-state index in [-0.39, 0.29) is 5.69 Å². The van der Waals surface area contributed by atoms with Crippen molar-refractivity contribution in [2.45, 2.75) is 5.66 Å². The van der Waals surface area contributed by atoms with E-state index in [0.717, 1.165) is 22.3 Å². The van der Waals surface area contributed by atoms with Gasteiger partial charge in [0.1, 0.15) is 28.7 Å². The Balaban J connectivity index is 1.42. The van der Waals surface area contributed by atoms with E-state index in [1.807, 2.05) is 84.9 Å². The molecule has 8 heteroatoms. The highest BCUT2D eigenvalue weighted by Gasteiger charge is 2.44. The van der Waals surface area contributed by atoms with Gasteiger partial charge in [0.05, 0.1) is 17.3 Å². The minimum atomic E-state index is -3.56. The van der Waals surface area contributed by atoms with E-state index in [0.29, 0.717) is 28.3 Å². The number of hydrogen-bond acceptors (Lipinski definition) is 6. The number of hydrogen-bond donors (Lipinski definition) is 0. The predicted octanol–water partition coefficient (Wildman–Crippen LogP) is 8.15. The maximum atomic E-state index is 15.2. The molecular weight excluding hydrogens is 525 g/mol. The summed E-state index contributed by atoms with van der Waals surface area (Å²) in [5.41, 5.74) is 2.79. The van der Waals surface area contributed by atoms with Crippen LogP contribution in [0.25, 0.3) is 11.1 Å². The van der Waals surface area contributed by atoms with E-state index < -0.39 is 18.0 Å². The van der Waals surface area contributed by atoms with E-state index >= 15 is 4.57 Å². The summed E-state index contributed by atoms with van der Waals surface area (Å²) in [5.74, 6) is 2.29. The highest BCUT2D eigenvalue weighted by molar-refractivity contribution is 7.68. The lowest BCUT2D eigenvalue weighted by molar-refractivity contribution is -0.384. The molecule has 1 heterocycles. The van der Waals surface area contributed by atoms with Gasteiger partial charge in [-0.15, -0.1) is 0 Å². The predicted molar refractivity (Wildman–Crippen MR) is 154 cm³/mol. The van der Waals surface area contributed by atoms with Gasteiger partial charge in [0.2, 0.25) is 0 Å². The number of nitrogens with zero attached hydrogens (tertiary/aromatic N) is 1. The fourth-order valence-electron chi connectivity index (χ4n) is 4.99. The van der Waals surface area contributed by atoms with Crippen molar-refractivity contribution in [2.24, 2.45) is 0 Å². The average molecular weight is 550 g/mol. The Kier molecular flexibility index (Phi) is 6.58. The van der Waals surface area contributed by atoms with Crippen LogP contribution in [0.3, 0.4) is 0 Å². The van der Waals surface area contributed by atoms with Gasteiger partial charge in [-0.05, 0) is 65.2 Å². The number of nitro groups is 1. The van der Waals surface area contributed by atoms with Crippen LogP contribution in [0, 0.1) is 10.1 Å². The molecule has 0 amide bonds. The molecule has 5 aromatic carbocycles. The lowest BCUT2D eigenvalue weighted by Gasteiger charge is -2.34. The second kappa shape index (κ2) is 10.4. The number of methoxy groups -OCH3 is 1. The number of para-hydroxylation sites is 1. The minimum Gasteiger partial charge on any atom is -0.497 e. The molecule has 0 aliphatic carbocycles. The van der Waals surface area contributed by atoms with Crippen molar-refractivity contribution in [3.63, 3.8) is 0 Å². The zero-order chi connectivity index (χ0) is 27.7. The smallest absolute Gasteiger partial charge is 0.289 e. The van der Waals surface area contributed by atoms with Crippen molar-refractivity contribution in [3.8, 4) is 34.1 Å². The molecule has 0 fully saturated rings. The third kappa shape index (κ3) is 4.61. The summed E-state index contributed by atoms with van der Waals surface area (Å²) < 4.78 is 32.9. The normalized spacial score (nSPS) is 16.1. The number of rotatable bonds is 7. The summed E-state index contributed by atoms with van der Waals surface area (Å²) in [7, 11) is -1.95. The van der Waals surface area contributed by atoms with Crippen LogP contribution in [-0.2, 0) is 4.57 Å². The van der Waals surface area contributed by atoms with Crippen LogP contribution in [0.2, 0.25) is 0 Å². The summed E-state index contributed by atoms with van der Waals surface area (Å²) >= 11 is 0. The van der Waals surface area contributed by atoms with Crippen LogP contribution < -0.4 is 19.3 Å². The molecule has 40 heavy (non-hydrogen) atoms. The van der Waals surface area contributed by atoms with E-state index in [2.05, 4.69) is 0 Å². The number of benzene rings is 5. The molecule has 2 unspecified atom stereocenters. The van der Waals surface area contributed by atoms with E-state index in [1.165, 1.54) is 12.1 Å². The van der Waals surface area contributed by atoms with Gasteiger partial charge in [-0.2, -0.15) is 0 Å². The first-order chi connectivity index (χ1) is 19.5. The lowest BCUT2D eigenvalue weighted by atomic mass is 10.0. The van der Waals surface area contributed by atoms with Crippen molar-refractivity contribution >= 4 is 18.4 Å². The van der Waals surface area contributed by atoms with Crippen molar-refractivity contribution in [2.75, 3.05) is 7.11 Å². The second-order valence-corrected chi connectivity index (χ2v) is 11.7. The van der Waals surface area contributed by atoms with Crippen molar-refractivity contribution < 1.29 is 23.5 Å². The topological polar surface area (TPSA) is 87.9 Å². The van der Waals surface area contributed by atoms with Gasteiger partial charge in [0.25, 0.3) is 13.1 Å². The third-order valence-electron chi connectivity index (χ3n) is 6.90. The quantitative estimate of drug-likeness (QED) is 0.116. The molecule has 7 nitrogen and oxygen atoms in total. The lowest BCUT2D eigenvalue weighted by Crippen LogP contribution is -2.22. The molecule has 0 aromatic heterocycles. The molecular formula is C32H24NO6P. The Labute approximate surface area is 231 Å². The van der Waals surface area contributed by atoms with Gasteiger partial charge < -0.3 is 14.0 Å². The van der Waals surface area contributed by atoms with Crippen LogP contribution in [-0.4, -0.2) is 12.0 Å². The Morgan fingerprint density at radius 2 is 1.23 bits per heavy atom. The van der Waals surface area contributed by atoms with Crippen LogP contribution in [0.15, 0.2) is 121 Å². The summed E-state index contributed by atoms with van der Waals surface area (Å²) in [5, 5.41) is 11.6. The molecule has 198 valence electrons. The number of nitro benzene ring substituents is 1. The van der Waals surface area contributed by atoms with Crippen LogP contribution in [0.4, 0.5) is 5.69 Å². The van der Waals surface area contributed by atoms with E-state index in [4.69, 9.17) is 14.0 Å². The molecule has 0 saturated carbocycles. The molecule has 0 saturated heterocycles. The zero-order valence-electron chi connectivity index (χ0n) is 21.5. The van der Waals surface area contributed by atoms with E-state index in [9.17, 15) is 10.1 Å². The van der Waals surface area contributed by atoms with Crippen LogP contribution in [0.5, 0.6) is 23.0 Å². The standard InChI is InChI=1S/C32H24NO6P/c1-37-25-16-10-22(11-17-25)32(23-12-18-26(19-13-23)38-27-20-14-24(15-21-27)33(34)35)40(36)31-9-5-3-7-29(31)28-6-2-4-8-30(28)39-40/h2-21,32H,1H3. The minimum absolute atomic E-state index is 0.0101. The van der Waals surface area contributed by atoms with Gasteiger partial charge in [0.15, 0.2) is 0 Å². The Bertz CT molecular complexity index is 1730. The first kappa shape index (κ1) is 25.4. The maximum absolute atomic E-state index is 15.2. The first-order valence-electron chi connectivity index (χ1n) is 12.6. The molecule has 6 rings (SSSR count). The highest BCUT2D eigenvalue weighted by atomic mass is 31.2. The third-order valence-corrected chi connectivity index (χ3v) is 9.71. The van der Waals surface area contributed by atoms with Crippen LogP contribution in [0.1, 0.15) is 16.8 Å². The van der Waals surface area contributed by atoms with Gasteiger partial charge in [0, 0.05) is 17.7 Å². The number of ether oxygens (including phenoxy) is 2. The molecule has 0 radical (unpaired) electrons.